The number of aromatic amines is 1. The summed E-state index contributed by atoms with van der Waals surface area (Å²) in [7, 11) is -3.30. The highest BCUT2D eigenvalue weighted by atomic mass is 31.2. The molecular weight excluding hydrogens is 359 g/mol. The Labute approximate surface area is 154 Å². The van der Waals surface area contributed by atoms with Gasteiger partial charge in [-0.2, -0.15) is 0 Å². The van der Waals surface area contributed by atoms with Gasteiger partial charge in [0.2, 0.25) is 0 Å². The Bertz CT molecular complexity index is 711. The summed E-state index contributed by atoms with van der Waals surface area (Å²) >= 11 is 0. The second kappa shape index (κ2) is 10.2. The van der Waals surface area contributed by atoms with Crippen molar-refractivity contribution in [2.24, 2.45) is 5.92 Å². The first-order valence-corrected chi connectivity index (χ1v) is 10.6. The van der Waals surface area contributed by atoms with Crippen molar-refractivity contribution in [3.8, 4) is 0 Å². The van der Waals surface area contributed by atoms with E-state index in [2.05, 4.69) is 4.98 Å². The summed E-state index contributed by atoms with van der Waals surface area (Å²) < 4.78 is 30.5. The van der Waals surface area contributed by atoms with Crippen LogP contribution in [0.3, 0.4) is 0 Å². The van der Waals surface area contributed by atoms with Gasteiger partial charge in [0.15, 0.2) is 0 Å². The van der Waals surface area contributed by atoms with Crippen molar-refractivity contribution in [3.05, 3.63) is 32.6 Å². The molecule has 0 saturated heterocycles. The quantitative estimate of drug-likeness (QED) is 0.461. The van der Waals surface area contributed by atoms with Gasteiger partial charge in [0.05, 0.1) is 12.2 Å². The van der Waals surface area contributed by atoms with Crippen LogP contribution in [0, 0.1) is 12.8 Å². The van der Waals surface area contributed by atoms with Crippen LogP contribution in [0.1, 0.15) is 46.6 Å². The molecule has 0 aliphatic carbocycles. The first kappa shape index (κ1) is 22.8. The van der Waals surface area contributed by atoms with Crippen molar-refractivity contribution in [1.82, 2.24) is 9.55 Å². The van der Waals surface area contributed by atoms with Gasteiger partial charge in [0.25, 0.3) is 5.56 Å². The summed E-state index contributed by atoms with van der Waals surface area (Å²) in [6.07, 6.45) is 1.66. The smallest absolute Gasteiger partial charge is 0.356 e. The number of H-pyrrole nitrogens is 1. The van der Waals surface area contributed by atoms with Crippen LogP contribution in [0.25, 0.3) is 0 Å². The molecule has 0 aliphatic rings. The molecule has 1 aromatic heterocycles. The Balaban J connectivity index is 2.51. The monoisotopic (exact) mass is 390 g/mol. The van der Waals surface area contributed by atoms with Gasteiger partial charge >= 0.3 is 13.3 Å². The molecule has 0 spiro atoms. The summed E-state index contributed by atoms with van der Waals surface area (Å²) in [5.74, 6) is 0.134. The molecule has 9 heteroatoms. The van der Waals surface area contributed by atoms with E-state index >= 15 is 0 Å². The molecule has 0 amide bonds. The van der Waals surface area contributed by atoms with Gasteiger partial charge in [-0.25, -0.2) is 4.79 Å². The van der Waals surface area contributed by atoms with E-state index in [1.165, 1.54) is 4.57 Å². The number of hydrogen-bond donors (Lipinski definition) is 1. The van der Waals surface area contributed by atoms with E-state index < -0.39 is 13.3 Å². The standard InChI is InChI=1S/C17H31N2O6P/c1-12(2)24-26(22,25-13(3)4)11-23-8-7-14(5)9-19-10-15(6)16(20)18-17(19)21/h10,12-14H,7-9,11H2,1-6H3,(H,18,20,21). The molecule has 1 aromatic rings. The van der Waals surface area contributed by atoms with Crippen LogP contribution in [-0.2, 0) is 24.9 Å². The summed E-state index contributed by atoms with van der Waals surface area (Å²) in [4.78, 5) is 25.5. The molecule has 0 fully saturated rings. The molecule has 1 N–H and O–H groups in total. The number of ether oxygens (including phenoxy) is 1. The highest BCUT2D eigenvalue weighted by Gasteiger charge is 2.28. The van der Waals surface area contributed by atoms with E-state index in [0.29, 0.717) is 25.1 Å². The SMILES string of the molecule is Cc1cn(CC(C)CCOCP(=O)(OC(C)C)OC(C)C)c(=O)[nH]c1=O. The van der Waals surface area contributed by atoms with E-state index in [0.717, 1.165) is 0 Å². The average molecular weight is 390 g/mol. The molecule has 1 heterocycles. The zero-order valence-corrected chi connectivity index (χ0v) is 17.4. The second-order valence-corrected chi connectivity index (χ2v) is 8.98. The molecule has 1 atom stereocenters. The number of aromatic nitrogens is 2. The highest BCUT2D eigenvalue weighted by molar-refractivity contribution is 7.53. The molecule has 0 aliphatic heterocycles. The van der Waals surface area contributed by atoms with Crippen LogP contribution < -0.4 is 11.2 Å². The normalized spacial score (nSPS) is 13.5. The first-order valence-electron chi connectivity index (χ1n) is 8.86. The molecule has 26 heavy (non-hydrogen) atoms. The maximum absolute atomic E-state index is 12.6. The predicted octanol–water partition coefficient (Wildman–Crippen LogP) is 2.89. The minimum atomic E-state index is -3.30. The highest BCUT2D eigenvalue weighted by Crippen LogP contribution is 2.50. The van der Waals surface area contributed by atoms with E-state index in [-0.39, 0.29) is 30.0 Å². The van der Waals surface area contributed by atoms with Crippen molar-refractivity contribution in [3.63, 3.8) is 0 Å². The lowest BCUT2D eigenvalue weighted by atomic mass is 10.1. The van der Waals surface area contributed by atoms with Crippen LogP contribution in [0.15, 0.2) is 15.8 Å². The van der Waals surface area contributed by atoms with Crippen LogP contribution in [0.4, 0.5) is 0 Å². The van der Waals surface area contributed by atoms with Crippen molar-refractivity contribution < 1.29 is 18.3 Å². The fourth-order valence-electron chi connectivity index (χ4n) is 2.37. The van der Waals surface area contributed by atoms with E-state index in [1.54, 1.807) is 40.8 Å². The van der Waals surface area contributed by atoms with Gasteiger partial charge < -0.3 is 18.4 Å². The number of nitrogens with zero attached hydrogens (tertiary/aromatic N) is 1. The second-order valence-electron chi connectivity index (χ2n) is 7.07. The van der Waals surface area contributed by atoms with Crippen molar-refractivity contribution in [1.29, 1.82) is 0 Å². The number of rotatable bonds is 11. The van der Waals surface area contributed by atoms with Crippen LogP contribution in [-0.4, -0.2) is 34.7 Å². The third kappa shape index (κ3) is 7.99. The number of nitrogens with one attached hydrogen (secondary N) is 1. The maximum Gasteiger partial charge on any atom is 0.356 e. The van der Waals surface area contributed by atoms with Gasteiger partial charge in [-0.3, -0.25) is 14.3 Å². The Morgan fingerprint density at radius 3 is 2.23 bits per heavy atom. The van der Waals surface area contributed by atoms with Gasteiger partial charge in [0.1, 0.15) is 6.35 Å². The molecule has 150 valence electrons. The Morgan fingerprint density at radius 1 is 1.12 bits per heavy atom. The largest absolute Gasteiger partial charge is 0.369 e. The Kier molecular flexibility index (Phi) is 8.96. The van der Waals surface area contributed by atoms with Gasteiger partial charge in [-0.1, -0.05) is 6.92 Å². The molecule has 0 bridgehead atoms. The van der Waals surface area contributed by atoms with Gasteiger partial charge in [-0.05, 0) is 47.0 Å². The summed E-state index contributed by atoms with van der Waals surface area (Å²) in [5.41, 5.74) is -0.299. The predicted molar refractivity (Wildman–Crippen MR) is 101 cm³/mol. The molecule has 0 saturated carbocycles. The van der Waals surface area contributed by atoms with E-state index in [1.807, 2.05) is 6.92 Å². The minimum absolute atomic E-state index is 0.103. The van der Waals surface area contributed by atoms with E-state index in [4.69, 9.17) is 13.8 Å². The molecule has 1 unspecified atom stereocenters. The van der Waals surface area contributed by atoms with Gasteiger partial charge in [0, 0.05) is 24.9 Å². The lowest BCUT2D eigenvalue weighted by Gasteiger charge is -2.23. The summed E-state index contributed by atoms with van der Waals surface area (Å²) in [6.45, 7) is 11.6. The lowest BCUT2D eigenvalue weighted by Crippen LogP contribution is -2.32. The van der Waals surface area contributed by atoms with Crippen LogP contribution in [0.5, 0.6) is 0 Å². The third-order valence-corrected chi connectivity index (χ3v) is 5.43. The van der Waals surface area contributed by atoms with Crippen molar-refractivity contribution >= 4 is 7.60 Å². The number of aryl methyl sites for hydroxylation is 1. The van der Waals surface area contributed by atoms with Gasteiger partial charge in [-0.15, -0.1) is 0 Å². The zero-order chi connectivity index (χ0) is 19.9. The fraction of sp³-hybridized carbons (Fsp3) is 0.765. The molecule has 8 nitrogen and oxygen atoms in total. The molecule has 1 rings (SSSR count). The first-order chi connectivity index (χ1) is 12.0. The van der Waals surface area contributed by atoms with Crippen LogP contribution in [0.2, 0.25) is 0 Å². The average Bonchev–Trinajstić information content (AvgIpc) is 2.47. The Hall–Kier alpha value is -1.21. The topological polar surface area (TPSA) is 99.6 Å². The summed E-state index contributed by atoms with van der Waals surface area (Å²) in [6, 6.07) is 0. The maximum atomic E-state index is 12.6. The third-order valence-electron chi connectivity index (χ3n) is 3.44. The van der Waals surface area contributed by atoms with Crippen molar-refractivity contribution in [2.75, 3.05) is 13.0 Å². The van der Waals surface area contributed by atoms with E-state index in [9.17, 15) is 14.2 Å². The fourth-order valence-corrected chi connectivity index (χ4v) is 4.18. The zero-order valence-electron chi connectivity index (χ0n) is 16.5. The van der Waals surface area contributed by atoms with Crippen LogP contribution >= 0.6 is 7.60 Å². The lowest BCUT2D eigenvalue weighted by molar-refractivity contribution is 0.0933. The molecule has 0 aromatic carbocycles. The minimum Gasteiger partial charge on any atom is -0.369 e. The number of hydrogen-bond acceptors (Lipinski definition) is 6. The summed E-state index contributed by atoms with van der Waals surface area (Å²) in [5, 5.41) is 0. The van der Waals surface area contributed by atoms with Crippen molar-refractivity contribution in [2.45, 2.75) is 66.7 Å². The Morgan fingerprint density at radius 2 is 1.69 bits per heavy atom. The molecular formula is C17H31N2O6P. The molecule has 0 radical (unpaired) electrons.